The molecule has 2 aliphatic rings. The summed E-state index contributed by atoms with van der Waals surface area (Å²) >= 11 is 0. The fourth-order valence-corrected chi connectivity index (χ4v) is 6.58. The van der Waals surface area contributed by atoms with Gasteiger partial charge in [-0.05, 0) is 54.0 Å². The number of aliphatic hydroxyl groups excluding tert-OH is 3. The number of nitrogens with one attached hydrogen (secondary N) is 1. The van der Waals surface area contributed by atoms with E-state index in [-0.39, 0.29) is 13.2 Å². The first-order chi connectivity index (χ1) is 26.7. The average Bonchev–Trinajstić information content (AvgIpc) is 3.34. The fourth-order valence-electron chi connectivity index (χ4n) is 6.58. The van der Waals surface area contributed by atoms with Crippen molar-refractivity contribution in [1.29, 1.82) is 0 Å². The van der Waals surface area contributed by atoms with Crippen molar-refractivity contribution in [2.75, 3.05) is 11.4 Å². The first kappa shape index (κ1) is 39.3. The van der Waals surface area contributed by atoms with Gasteiger partial charge in [0.05, 0.1) is 6.04 Å². The minimum absolute atomic E-state index is 0.0532. The molecule has 1 fully saturated rings. The molecule has 0 aliphatic carbocycles. The lowest BCUT2D eigenvalue weighted by atomic mass is 9.99. The van der Waals surface area contributed by atoms with Crippen LogP contribution in [0.4, 0.5) is 5.69 Å². The van der Waals surface area contributed by atoms with E-state index >= 15 is 0 Å². The number of anilines is 1. The molecule has 288 valence electrons. The molecule has 4 N–H and O–H groups in total. The Kier molecular flexibility index (Phi) is 13.4. The van der Waals surface area contributed by atoms with Crippen LogP contribution in [0, 0.1) is 0 Å². The second kappa shape index (κ2) is 18.7. The van der Waals surface area contributed by atoms with E-state index in [1.807, 2.05) is 72.8 Å². The Morgan fingerprint density at radius 1 is 0.745 bits per heavy atom. The van der Waals surface area contributed by atoms with Crippen LogP contribution >= 0.6 is 0 Å². The highest BCUT2D eigenvalue weighted by Gasteiger charge is 2.49. The van der Waals surface area contributed by atoms with Gasteiger partial charge in [0.1, 0.15) is 44.1 Å². The van der Waals surface area contributed by atoms with Crippen molar-refractivity contribution in [3.8, 4) is 0 Å². The van der Waals surface area contributed by atoms with Gasteiger partial charge in [0.15, 0.2) is 6.10 Å². The Morgan fingerprint density at radius 3 is 1.98 bits per heavy atom. The van der Waals surface area contributed by atoms with Crippen LogP contribution in [0.3, 0.4) is 0 Å². The van der Waals surface area contributed by atoms with Gasteiger partial charge in [0.2, 0.25) is 12.2 Å². The van der Waals surface area contributed by atoms with Crippen LogP contribution in [0.5, 0.6) is 0 Å². The summed E-state index contributed by atoms with van der Waals surface area (Å²) in [5.74, 6) is -3.11. The summed E-state index contributed by atoms with van der Waals surface area (Å²) in [5.41, 5.74) is 3.70. The topological polar surface area (TPSA) is 181 Å². The van der Waals surface area contributed by atoms with Crippen molar-refractivity contribution in [2.45, 2.75) is 81.7 Å². The molecule has 0 aromatic heterocycles. The van der Waals surface area contributed by atoms with Crippen molar-refractivity contribution < 1.29 is 53.4 Å². The molecule has 0 radical (unpaired) electrons. The van der Waals surface area contributed by atoms with E-state index < -0.39 is 73.1 Å². The predicted molar refractivity (Wildman–Crippen MR) is 198 cm³/mol. The molecule has 0 bridgehead atoms. The van der Waals surface area contributed by atoms with Crippen LogP contribution in [0.15, 0.2) is 115 Å². The van der Waals surface area contributed by atoms with Gasteiger partial charge in [-0.25, -0.2) is 4.79 Å². The number of esters is 3. The van der Waals surface area contributed by atoms with E-state index in [1.165, 1.54) is 4.90 Å². The van der Waals surface area contributed by atoms with Gasteiger partial charge in [-0.15, -0.1) is 0 Å². The monoisotopic (exact) mass is 752 g/mol. The lowest BCUT2D eigenvalue weighted by Crippen LogP contribution is -2.61. The number of aryl methyl sites for hydroxylation is 2. The Bertz CT molecular complexity index is 1900. The van der Waals surface area contributed by atoms with Crippen LogP contribution in [-0.4, -0.2) is 88.5 Å². The summed E-state index contributed by atoms with van der Waals surface area (Å²) in [7, 11) is 0. The number of aliphatic hydroxyl groups is 3. The number of para-hydroxylation sites is 1. The fraction of sp³-hybridized carbons (Fsp3) is 0.333. The first-order valence-corrected chi connectivity index (χ1v) is 18.2. The predicted octanol–water partition coefficient (Wildman–Crippen LogP) is 2.76. The molecule has 0 spiro atoms. The molecule has 13 heteroatoms. The standard InChI is InChI=1S/C42H44N2O11/c45-34(54-42-37(48)35(46)36(47)38(55-42)41(51)53-26-29-16-8-3-9-17-29)24-44-33-19-11-10-18-30(33)21-23-31(39(44)49)43-32(22-20-27-12-4-1-5-13-27)40(50)52-25-28-14-6-2-7-15-28/h1-19,31-32,35-38,42-43,46-48H,20-26H2/t31-,32-,35?,36+,37+,38?,42-/m1/s1. The van der Waals surface area contributed by atoms with Crippen molar-refractivity contribution in [3.63, 3.8) is 0 Å². The number of hydrogen-bond donors (Lipinski definition) is 4. The van der Waals surface area contributed by atoms with E-state index in [9.17, 15) is 34.5 Å². The number of rotatable bonds is 14. The molecule has 2 heterocycles. The molecule has 55 heavy (non-hydrogen) atoms. The number of nitrogens with zero attached hydrogens (tertiary/aromatic N) is 1. The van der Waals surface area contributed by atoms with Crippen LogP contribution in [0.25, 0.3) is 0 Å². The maximum Gasteiger partial charge on any atom is 0.338 e. The number of fused-ring (bicyclic) bond motifs is 1. The third kappa shape index (κ3) is 10.2. The summed E-state index contributed by atoms with van der Waals surface area (Å²) in [6.45, 7) is -0.744. The Hall–Kier alpha value is -5.44. The van der Waals surface area contributed by atoms with Crippen LogP contribution in [-0.2, 0) is 64.2 Å². The smallest absolute Gasteiger partial charge is 0.338 e. The highest BCUT2D eigenvalue weighted by molar-refractivity contribution is 6.02. The SMILES string of the molecule is O=C(CN1C(=O)[C@H](N[C@H](CCc2ccccc2)C(=O)OCc2ccccc2)CCc2ccccc21)O[C@@H]1OC(C(=O)OCc2ccccc2)[C@@H](O)C(O)[C@@H]1O. The van der Waals surface area contributed by atoms with Gasteiger partial charge < -0.3 is 34.3 Å². The largest absolute Gasteiger partial charge is 0.460 e. The second-order valence-electron chi connectivity index (χ2n) is 13.5. The zero-order chi connectivity index (χ0) is 38.7. The van der Waals surface area contributed by atoms with E-state index in [2.05, 4.69) is 5.32 Å². The summed E-state index contributed by atoms with van der Waals surface area (Å²) in [5, 5.41) is 35.0. The van der Waals surface area contributed by atoms with Crippen molar-refractivity contribution in [1.82, 2.24) is 5.32 Å². The second-order valence-corrected chi connectivity index (χ2v) is 13.5. The van der Waals surface area contributed by atoms with E-state index in [4.69, 9.17) is 18.9 Å². The number of ether oxygens (including phenoxy) is 4. The zero-order valence-corrected chi connectivity index (χ0v) is 30.0. The zero-order valence-electron chi connectivity index (χ0n) is 30.0. The lowest BCUT2D eigenvalue weighted by molar-refractivity contribution is -0.287. The van der Waals surface area contributed by atoms with Gasteiger partial charge >= 0.3 is 17.9 Å². The van der Waals surface area contributed by atoms with Gasteiger partial charge in [0, 0.05) is 5.69 Å². The molecule has 4 aromatic rings. The minimum Gasteiger partial charge on any atom is -0.460 e. The molecule has 6 rings (SSSR count). The third-order valence-electron chi connectivity index (χ3n) is 9.58. The Labute approximate surface area is 318 Å². The summed E-state index contributed by atoms with van der Waals surface area (Å²) in [6.07, 6.45) is -7.80. The molecular formula is C42H44N2O11. The molecule has 1 saturated heterocycles. The molecule has 7 atom stereocenters. The Morgan fingerprint density at radius 2 is 1.33 bits per heavy atom. The van der Waals surface area contributed by atoms with Gasteiger partial charge in [-0.2, -0.15) is 0 Å². The Balaban J connectivity index is 1.15. The van der Waals surface area contributed by atoms with Gasteiger partial charge in [-0.1, -0.05) is 109 Å². The number of hydrogen-bond acceptors (Lipinski definition) is 12. The quantitative estimate of drug-likeness (QED) is 0.109. The summed E-state index contributed by atoms with van der Waals surface area (Å²) in [6, 6.07) is 32.9. The normalized spacial score (nSPS) is 22.8. The van der Waals surface area contributed by atoms with E-state index in [1.54, 1.807) is 42.5 Å². The van der Waals surface area contributed by atoms with E-state index in [0.29, 0.717) is 36.9 Å². The molecule has 13 nitrogen and oxygen atoms in total. The highest BCUT2D eigenvalue weighted by atomic mass is 16.7. The maximum absolute atomic E-state index is 14.3. The van der Waals surface area contributed by atoms with Gasteiger partial charge in [0.25, 0.3) is 0 Å². The van der Waals surface area contributed by atoms with Crippen molar-refractivity contribution in [3.05, 3.63) is 138 Å². The first-order valence-electron chi connectivity index (χ1n) is 18.2. The highest BCUT2D eigenvalue weighted by Crippen LogP contribution is 2.29. The van der Waals surface area contributed by atoms with Crippen LogP contribution < -0.4 is 10.2 Å². The molecular weight excluding hydrogens is 708 g/mol. The molecule has 1 amide bonds. The molecule has 2 unspecified atom stereocenters. The van der Waals surface area contributed by atoms with Crippen LogP contribution in [0.1, 0.15) is 35.1 Å². The number of carbonyl (C=O) groups excluding carboxylic acids is 4. The molecule has 4 aromatic carbocycles. The molecule has 2 aliphatic heterocycles. The lowest BCUT2D eigenvalue weighted by Gasteiger charge is -2.38. The number of carbonyl (C=O) groups is 4. The molecule has 0 saturated carbocycles. The number of amides is 1. The summed E-state index contributed by atoms with van der Waals surface area (Å²) < 4.78 is 21.9. The van der Waals surface area contributed by atoms with Crippen molar-refractivity contribution >= 4 is 29.5 Å². The van der Waals surface area contributed by atoms with Gasteiger partial charge in [-0.3, -0.25) is 24.6 Å². The van der Waals surface area contributed by atoms with Crippen molar-refractivity contribution in [2.24, 2.45) is 0 Å². The average molecular weight is 753 g/mol. The summed E-state index contributed by atoms with van der Waals surface area (Å²) in [4.78, 5) is 55.5. The maximum atomic E-state index is 14.3. The van der Waals surface area contributed by atoms with E-state index in [0.717, 1.165) is 16.7 Å². The number of benzene rings is 4. The third-order valence-corrected chi connectivity index (χ3v) is 9.58. The van der Waals surface area contributed by atoms with Crippen LogP contribution in [0.2, 0.25) is 0 Å². The minimum atomic E-state index is -1.93.